The van der Waals surface area contributed by atoms with Crippen LogP contribution in [0.5, 0.6) is 0 Å². The minimum absolute atomic E-state index is 0.233. The largest absolute Gasteiger partial charge is 0.351 e. The fourth-order valence-electron chi connectivity index (χ4n) is 3.47. The molecule has 4 rings (SSSR count). The third-order valence-electron chi connectivity index (χ3n) is 5.07. The van der Waals surface area contributed by atoms with Gasteiger partial charge in [0.15, 0.2) is 5.82 Å². The number of hydrogen-bond acceptors (Lipinski definition) is 5. The van der Waals surface area contributed by atoms with E-state index in [-0.39, 0.29) is 11.5 Å². The number of aromatic amines is 2. The Morgan fingerprint density at radius 1 is 1.16 bits per heavy atom. The van der Waals surface area contributed by atoms with Crippen LogP contribution in [0.4, 0.5) is 0 Å². The second-order valence-corrected chi connectivity index (χ2v) is 8.25. The average Bonchev–Trinajstić information content (AvgIpc) is 3.23. The fraction of sp³-hybridized carbons (Fsp3) is 0.217. The number of amides is 1. The third-order valence-corrected chi connectivity index (χ3v) is 5.71. The van der Waals surface area contributed by atoms with E-state index in [4.69, 9.17) is 0 Å². The van der Waals surface area contributed by atoms with E-state index < -0.39 is 6.04 Å². The van der Waals surface area contributed by atoms with Gasteiger partial charge in [0.05, 0.1) is 11.7 Å². The van der Waals surface area contributed by atoms with Crippen molar-refractivity contribution < 1.29 is 4.79 Å². The van der Waals surface area contributed by atoms with Crippen LogP contribution < -0.4 is 10.9 Å². The molecule has 3 heterocycles. The molecule has 158 valence electrons. The minimum atomic E-state index is -0.405. The molecule has 7 nitrogen and oxygen atoms in total. The van der Waals surface area contributed by atoms with E-state index in [1.807, 2.05) is 43.5 Å². The predicted molar refractivity (Wildman–Crippen MR) is 124 cm³/mol. The van der Waals surface area contributed by atoms with Gasteiger partial charge in [-0.25, -0.2) is 4.98 Å². The van der Waals surface area contributed by atoms with Crippen LogP contribution in [0.2, 0.25) is 0 Å². The Kier molecular flexibility index (Phi) is 6.18. The van der Waals surface area contributed by atoms with Gasteiger partial charge >= 0.3 is 0 Å². The number of carbonyl (C=O) groups excluding carboxylic acids is 1. The minimum Gasteiger partial charge on any atom is -0.351 e. The van der Waals surface area contributed by atoms with Crippen LogP contribution in [0, 0.1) is 6.92 Å². The van der Waals surface area contributed by atoms with Gasteiger partial charge in [-0.05, 0) is 55.2 Å². The Labute approximate surface area is 183 Å². The van der Waals surface area contributed by atoms with Crippen LogP contribution in [-0.4, -0.2) is 37.9 Å². The van der Waals surface area contributed by atoms with E-state index in [0.29, 0.717) is 29.3 Å². The molecule has 0 saturated heterocycles. The van der Waals surface area contributed by atoms with Gasteiger partial charge in [-0.3, -0.25) is 14.6 Å². The van der Waals surface area contributed by atoms with Crippen LogP contribution in [0.15, 0.2) is 59.5 Å². The van der Waals surface area contributed by atoms with Crippen molar-refractivity contribution in [2.24, 2.45) is 0 Å². The highest BCUT2D eigenvalue weighted by Gasteiger charge is 2.20. The molecule has 4 aromatic rings. The van der Waals surface area contributed by atoms with E-state index in [1.165, 1.54) is 6.07 Å². The van der Waals surface area contributed by atoms with Crippen molar-refractivity contribution in [3.05, 3.63) is 82.0 Å². The Morgan fingerprint density at radius 3 is 2.77 bits per heavy atom. The second-order valence-electron chi connectivity index (χ2n) is 7.26. The highest BCUT2D eigenvalue weighted by Crippen LogP contribution is 2.22. The molecule has 0 saturated carbocycles. The lowest BCUT2D eigenvalue weighted by atomic mass is 10.1. The molecular weight excluding hydrogens is 410 g/mol. The van der Waals surface area contributed by atoms with Crippen LogP contribution >= 0.6 is 11.8 Å². The molecule has 0 spiro atoms. The summed E-state index contributed by atoms with van der Waals surface area (Å²) in [5.41, 5.74) is 3.30. The fourth-order valence-corrected chi connectivity index (χ4v) is 3.95. The van der Waals surface area contributed by atoms with Crippen LogP contribution in [-0.2, 0) is 0 Å². The van der Waals surface area contributed by atoms with Gasteiger partial charge in [-0.1, -0.05) is 18.2 Å². The number of thioether (sulfide) groups is 1. The Hall–Kier alpha value is -3.39. The quantitative estimate of drug-likeness (QED) is 0.411. The number of hydrogen-bond donors (Lipinski definition) is 3. The lowest BCUT2D eigenvalue weighted by molar-refractivity contribution is 0.0930. The number of nitrogens with one attached hydrogen (secondary N) is 3. The summed E-state index contributed by atoms with van der Waals surface area (Å²) in [6.07, 6.45) is 4.29. The number of fused-ring (bicyclic) bond motifs is 1. The Morgan fingerprint density at radius 2 is 2.03 bits per heavy atom. The number of H-pyrrole nitrogens is 2. The maximum atomic E-state index is 13.0. The molecule has 31 heavy (non-hydrogen) atoms. The second kappa shape index (κ2) is 9.18. The van der Waals surface area contributed by atoms with E-state index in [1.54, 1.807) is 30.1 Å². The molecule has 1 aromatic carbocycles. The SMILES string of the molecule is CSCCC(NC(=O)c1cc2c(C)cccc2[nH]1)c1cc(=O)[nH]c(-c2ccccn2)n1. The van der Waals surface area contributed by atoms with Gasteiger partial charge in [0.1, 0.15) is 11.4 Å². The Balaban J connectivity index is 1.65. The smallest absolute Gasteiger partial charge is 0.268 e. The number of benzene rings is 1. The predicted octanol–water partition coefficient (Wildman–Crippen LogP) is 3.85. The highest BCUT2D eigenvalue weighted by atomic mass is 32.2. The first kappa shape index (κ1) is 20.9. The molecule has 0 aliphatic rings. The number of nitrogens with zero attached hydrogens (tertiary/aromatic N) is 2. The summed E-state index contributed by atoms with van der Waals surface area (Å²) >= 11 is 1.67. The van der Waals surface area contributed by atoms with E-state index in [0.717, 1.165) is 22.2 Å². The number of aryl methyl sites for hydroxylation is 1. The summed E-state index contributed by atoms with van der Waals surface area (Å²) in [5.74, 6) is 0.959. The molecule has 3 aromatic heterocycles. The zero-order chi connectivity index (χ0) is 21.8. The zero-order valence-electron chi connectivity index (χ0n) is 17.3. The van der Waals surface area contributed by atoms with Crippen molar-refractivity contribution in [3.8, 4) is 11.5 Å². The molecule has 8 heteroatoms. The van der Waals surface area contributed by atoms with Gasteiger partial charge in [0, 0.05) is 23.2 Å². The van der Waals surface area contributed by atoms with E-state index in [9.17, 15) is 9.59 Å². The van der Waals surface area contributed by atoms with Gasteiger partial charge in [0.2, 0.25) is 0 Å². The van der Waals surface area contributed by atoms with E-state index in [2.05, 4.69) is 25.3 Å². The summed E-state index contributed by atoms with van der Waals surface area (Å²) in [5, 5.41) is 4.07. The normalized spacial score (nSPS) is 12.1. The van der Waals surface area contributed by atoms with Crippen LogP contribution in [0.25, 0.3) is 22.4 Å². The molecule has 3 N–H and O–H groups in total. The summed E-state index contributed by atoms with van der Waals surface area (Å²) in [7, 11) is 0. The number of pyridine rings is 1. The maximum Gasteiger partial charge on any atom is 0.268 e. The summed E-state index contributed by atoms with van der Waals surface area (Å²) in [6.45, 7) is 2.01. The average molecular weight is 434 g/mol. The number of aromatic nitrogens is 4. The van der Waals surface area contributed by atoms with Gasteiger partial charge < -0.3 is 15.3 Å². The molecular formula is C23H23N5O2S. The molecule has 1 atom stereocenters. The van der Waals surface area contributed by atoms with Crippen molar-refractivity contribution in [3.63, 3.8) is 0 Å². The molecule has 1 amide bonds. The van der Waals surface area contributed by atoms with Gasteiger partial charge in [-0.2, -0.15) is 11.8 Å². The standard InChI is InChI=1S/C23H23N5O2S/c1-14-6-5-8-16-15(14)12-20(25-16)23(30)27-17(9-11-31-2)19-13-21(29)28-22(26-19)18-7-3-4-10-24-18/h3-8,10,12-13,17,25H,9,11H2,1-2H3,(H,27,30)(H,26,28,29). The van der Waals surface area contributed by atoms with Crippen molar-refractivity contribution in [2.45, 2.75) is 19.4 Å². The summed E-state index contributed by atoms with van der Waals surface area (Å²) in [6, 6.07) is 14.2. The topological polar surface area (TPSA) is 104 Å². The van der Waals surface area contributed by atoms with Crippen molar-refractivity contribution in [1.82, 2.24) is 25.3 Å². The van der Waals surface area contributed by atoms with Crippen LogP contribution in [0.3, 0.4) is 0 Å². The monoisotopic (exact) mass is 433 g/mol. The summed E-state index contributed by atoms with van der Waals surface area (Å²) < 4.78 is 0. The first-order valence-electron chi connectivity index (χ1n) is 9.96. The molecule has 0 aliphatic heterocycles. The highest BCUT2D eigenvalue weighted by molar-refractivity contribution is 7.98. The van der Waals surface area contributed by atoms with E-state index >= 15 is 0 Å². The lowest BCUT2D eigenvalue weighted by Crippen LogP contribution is -2.31. The van der Waals surface area contributed by atoms with Gasteiger partial charge in [-0.15, -0.1) is 0 Å². The van der Waals surface area contributed by atoms with Crippen molar-refractivity contribution in [1.29, 1.82) is 0 Å². The van der Waals surface area contributed by atoms with Crippen LogP contribution in [0.1, 0.15) is 34.2 Å². The van der Waals surface area contributed by atoms with Crippen molar-refractivity contribution >= 4 is 28.6 Å². The molecule has 1 unspecified atom stereocenters. The maximum absolute atomic E-state index is 13.0. The zero-order valence-corrected chi connectivity index (χ0v) is 18.1. The summed E-state index contributed by atoms with van der Waals surface area (Å²) in [4.78, 5) is 40.1. The molecule has 0 radical (unpaired) electrons. The third kappa shape index (κ3) is 4.69. The first-order valence-corrected chi connectivity index (χ1v) is 11.4. The number of rotatable bonds is 7. The molecule has 0 fully saturated rings. The van der Waals surface area contributed by atoms with Gasteiger partial charge in [0.25, 0.3) is 11.5 Å². The Bertz CT molecular complexity index is 1270. The first-order chi connectivity index (χ1) is 15.0. The van der Waals surface area contributed by atoms with Crippen molar-refractivity contribution in [2.75, 3.05) is 12.0 Å². The molecule has 0 aliphatic carbocycles. The lowest BCUT2D eigenvalue weighted by Gasteiger charge is -2.18. The molecule has 0 bridgehead atoms. The number of carbonyl (C=O) groups is 1.